The van der Waals surface area contributed by atoms with Crippen molar-refractivity contribution in [3.63, 3.8) is 0 Å². The molecule has 4 heteroatoms. The van der Waals surface area contributed by atoms with Gasteiger partial charge in [0.25, 0.3) is 0 Å². The summed E-state index contributed by atoms with van der Waals surface area (Å²) in [6.07, 6.45) is 0.811. The molecule has 0 radical (unpaired) electrons. The maximum absolute atomic E-state index is 9.90. The summed E-state index contributed by atoms with van der Waals surface area (Å²) in [5.74, 6) is 0.334. The van der Waals surface area contributed by atoms with Gasteiger partial charge >= 0.3 is 0 Å². The fraction of sp³-hybridized carbons (Fsp3) is 0.818. The van der Waals surface area contributed by atoms with Crippen LogP contribution in [0.25, 0.3) is 0 Å². The Labute approximate surface area is 87.9 Å². The number of fused-ring (bicyclic) bond motifs is 5. The second-order valence-electron chi connectivity index (χ2n) is 5.07. The molecular weight excluding hydrogens is 196 g/mol. The fourth-order valence-electron chi connectivity index (χ4n) is 3.72. The van der Waals surface area contributed by atoms with Gasteiger partial charge in [0.15, 0.2) is 0 Å². The van der Waals surface area contributed by atoms with E-state index in [4.69, 9.17) is 0 Å². The lowest BCUT2D eigenvalue weighted by atomic mass is 9.68. The van der Waals surface area contributed by atoms with Gasteiger partial charge in [-0.3, -0.25) is 0 Å². The fourth-order valence-corrected chi connectivity index (χ4v) is 3.72. The lowest BCUT2D eigenvalue weighted by molar-refractivity contribution is -0.185. The Morgan fingerprint density at radius 2 is 1.07 bits per heavy atom. The first kappa shape index (κ1) is 9.78. The number of allylic oxidation sites excluding steroid dienone is 2. The Bertz CT molecular complexity index is 275. The van der Waals surface area contributed by atoms with Crippen LogP contribution in [0.3, 0.4) is 0 Å². The molecule has 2 saturated carbocycles. The molecule has 0 aliphatic heterocycles. The summed E-state index contributed by atoms with van der Waals surface area (Å²) < 4.78 is 0. The highest BCUT2D eigenvalue weighted by molar-refractivity contribution is 5.19. The quantitative estimate of drug-likeness (QED) is 0.383. The summed E-state index contributed by atoms with van der Waals surface area (Å²) in [6, 6.07) is 0. The van der Waals surface area contributed by atoms with Gasteiger partial charge in [0, 0.05) is 0 Å². The average molecular weight is 212 g/mol. The van der Waals surface area contributed by atoms with Crippen LogP contribution in [0.5, 0.6) is 0 Å². The molecule has 3 rings (SSSR count). The van der Waals surface area contributed by atoms with Crippen molar-refractivity contribution in [3.05, 3.63) is 12.2 Å². The summed E-state index contributed by atoms with van der Waals surface area (Å²) >= 11 is 0. The first-order valence-corrected chi connectivity index (χ1v) is 5.52. The van der Waals surface area contributed by atoms with E-state index in [0.717, 1.165) is 6.42 Å². The molecular formula is C11H16O4. The number of hydrogen-bond acceptors (Lipinski definition) is 4. The molecule has 0 amide bonds. The molecule has 2 fully saturated rings. The number of aliphatic hydroxyl groups excluding tert-OH is 4. The smallest absolute Gasteiger partial charge is 0.109 e. The van der Waals surface area contributed by atoms with Crippen LogP contribution in [0.2, 0.25) is 0 Å². The monoisotopic (exact) mass is 212 g/mol. The van der Waals surface area contributed by atoms with Crippen molar-refractivity contribution < 1.29 is 20.4 Å². The van der Waals surface area contributed by atoms with E-state index in [9.17, 15) is 20.4 Å². The minimum absolute atomic E-state index is 0.0894. The van der Waals surface area contributed by atoms with E-state index in [-0.39, 0.29) is 23.7 Å². The van der Waals surface area contributed by atoms with Crippen LogP contribution in [0.4, 0.5) is 0 Å². The Kier molecular flexibility index (Phi) is 1.98. The van der Waals surface area contributed by atoms with Gasteiger partial charge in [0.2, 0.25) is 0 Å². The number of aliphatic hydroxyl groups is 4. The van der Waals surface area contributed by atoms with Crippen LogP contribution in [-0.4, -0.2) is 44.8 Å². The predicted molar refractivity (Wildman–Crippen MR) is 51.7 cm³/mol. The zero-order chi connectivity index (χ0) is 10.7. The van der Waals surface area contributed by atoms with Gasteiger partial charge < -0.3 is 20.4 Å². The molecule has 0 aromatic heterocycles. The van der Waals surface area contributed by atoms with Crippen molar-refractivity contribution in [1.29, 1.82) is 0 Å². The number of rotatable bonds is 0. The zero-order valence-corrected chi connectivity index (χ0v) is 8.27. The van der Waals surface area contributed by atoms with Gasteiger partial charge in [-0.05, 0) is 30.1 Å². The molecule has 8 unspecified atom stereocenters. The molecule has 0 heterocycles. The van der Waals surface area contributed by atoms with Gasteiger partial charge in [-0.2, -0.15) is 0 Å². The second kappa shape index (κ2) is 3.04. The molecule has 84 valence electrons. The minimum Gasteiger partial charge on any atom is -0.390 e. The van der Waals surface area contributed by atoms with Crippen LogP contribution in [0.15, 0.2) is 12.2 Å². The highest BCUT2D eigenvalue weighted by Crippen LogP contribution is 2.53. The zero-order valence-electron chi connectivity index (χ0n) is 8.27. The van der Waals surface area contributed by atoms with Crippen molar-refractivity contribution in [2.75, 3.05) is 0 Å². The molecule has 0 aromatic carbocycles. The van der Waals surface area contributed by atoms with Crippen molar-refractivity contribution in [3.8, 4) is 0 Å². The highest BCUT2D eigenvalue weighted by atomic mass is 16.4. The SMILES string of the molecule is OC1C(O)C(O)C2C3C=CC(C3)C2C1O. The molecule has 4 nitrogen and oxygen atoms in total. The van der Waals surface area contributed by atoms with Crippen molar-refractivity contribution in [1.82, 2.24) is 0 Å². The molecule has 15 heavy (non-hydrogen) atoms. The van der Waals surface area contributed by atoms with E-state index in [1.165, 1.54) is 0 Å². The molecule has 0 aromatic rings. The standard InChI is InChI=1S/C11H16O4/c12-8-6-4-1-2-5(3-4)7(6)9(13)11(15)10(8)14/h1-2,4-15H,3H2. The van der Waals surface area contributed by atoms with E-state index in [2.05, 4.69) is 12.2 Å². The summed E-state index contributed by atoms with van der Waals surface area (Å²) in [6.45, 7) is 0. The Morgan fingerprint density at radius 3 is 1.47 bits per heavy atom. The third kappa shape index (κ3) is 1.11. The average Bonchev–Trinajstić information content (AvgIpc) is 2.82. The van der Waals surface area contributed by atoms with E-state index in [1.807, 2.05) is 0 Å². The van der Waals surface area contributed by atoms with Crippen LogP contribution < -0.4 is 0 Å². The van der Waals surface area contributed by atoms with Gasteiger partial charge in [-0.25, -0.2) is 0 Å². The minimum atomic E-state index is -1.21. The van der Waals surface area contributed by atoms with Crippen LogP contribution >= 0.6 is 0 Å². The highest BCUT2D eigenvalue weighted by Gasteiger charge is 2.58. The molecule has 3 aliphatic rings. The maximum atomic E-state index is 9.90. The lowest BCUT2D eigenvalue weighted by Crippen LogP contribution is -2.59. The third-order valence-electron chi connectivity index (χ3n) is 4.42. The first-order chi connectivity index (χ1) is 7.11. The van der Waals surface area contributed by atoms with Crippen molar-refractivity contribution in [2.45, 2.75) is 30.8 Å². The first-order valence-electron chi connectivity index (χ1n) is 5.52. The Balaban J connectivity index is 1.96. The van der Waals surface area contributed by atoms with Gasteiger partial charge in [0.1, 0.15) is 12.2 Å². The topological polar surface area (TPSA) is 80.9 Å². The predicted octanol–water partition coefficient (Wildman–Crippen LogP) is -1.12. The summed E-state index contributed by atoms with van der Waals surface area (Å²) in [5, 5.41) is 39.0. The van der Waals surface area contributed by atoms with E-state index in [0.29, 0.717) is 0 Å². The van der Waals surface area contributed by atoms with E-state index < -0.39 is 24.4 Å². The van der Waals surface area contributed by atoms with Crippen LogP contribution in [0.1, 0.15) is 6.42 Å². The van der Waals surface area contributed by atoms with E-state index >= 15 is 0 Å². The second-order valence-corrected chi connectivity index (χ2v) is 5.07. The summed E-state index contributed by atoms with van der Waals surface area (Å²) in [5.41, 5.74) is 0. The van der Waals surface area contributed by atoms with Gasteiger partial charge in [-0.15, -0.1) is 0 Å². The van der Waals surface area contributed by atoms with Gasteiger partial charge in [0.05, 0.1) is 12.2 Å². The van der Waals surface area contributed by atoms with Crippen molar-refractivity contribution >= 4 is 0 Å². The summed E-state index contributed by atoms with van der Waals surface area (Å²) in [7, 11) is 0. The lowest BCUT2D eigenvalue weighted by Gasteiger charge is -2.45. The molecule has 4 N–H and O–H groups in total. The van der Waals surface area contributed by atoms with Gasteiger partial charge in [-0.1, -0.05) is 12.2 Å². The van der Waals surface area contributed by atoms with E-state index in [1.54, 1.807) is 0 Å². The van der Waals surface area contributed by atoms with Crippen LogP contribution in [-0.2, 0) is 0 Å². The molecule has 3 aliphatic carbocycles. The number of hydrogen-bond donors (Lipinski definition) is 4. The molecule has 0 spiro atoms. The summed E-state index contributed by atoms with van der Waals surface area (Å²) in [4.78, 5) is 0. The Hall–Kier alpha value is -0.420. The molecule has 8 atom stereocenters. The Morgan fingerprint density at radius 1 is 0.667 bits per heavy atom. The van der Waals surface area contributed by atoms with Crippen molar-refractivity contribution in [2.24, 2.45) is 23.7 Å². The third-order valence-corrected chi connectivity index (χ3v) is 4.42. The molecule has 0 saturated heterocycles. The van der Waals surface area contributed by atoms with Crippen LogP contribution in [0, 0.1) is 23.7 Å². The normalized spacial score (nSPS) is 62.1. The maximum Gasteiger partial charge on any atom is 0.109 e. The molecule has 2 bridgehead atoms. The largest absolute Gasteiger partial charge is 0.390 e.